The Kier molecular flexibility index (Phi) is 7.08. The van der Waals surface area contributed by atoms with Crippen LogP contribution in [0.25, 0.3) is 22.3 Å². The summed E-state index contributed by atoms with van der Waals surface area (Å²) in [7, 11) is 0. The highest BCUT2D eigenvalue weighted by molar-refractivity contribution is 7.17. The Labute approximate surface area is 206 Å². The van der Waals surface area contributed by atoms with Crippen molar-refractivity contribution in [1.82, 2.24) is 0 Å². The minimum atomic E-state index is -1.21. The van der Waals surface area contributed by atoms with Crippen LogP contribution in [0.3, 0.4) is 0 Å². The second-order valence-electron chi connectivity index (χ2n) is 7.71. The number of benzene rings is 3. The molecular weight excluding hydrogens is 462 g/mol. The minimum absolute atomic E-state index is 0.00891. The number of anilines is 1. The lowest BCUT2D eigenvalue weighted by atomic mass is 9.98. The first-order valence-corrected chi connectivity index (χ1v) is 11.8. The van der Waals surface area contributed by atoms with Gasteiger partial charge >= 0.3 is 11.9 Å². The molecule has 0 saturated carbocycles. The molecule has 1 heterocycles. The van der Waals surface area contributed by atoms with Gasteiger partial charge in [-0.15, -0.1) is 11.3 Å². The van der Waals surface area contributed by atoms with Crippen LogP contribution >= 0.6 is 11.3 Å². The number of carbonyl (C=O) groups excluding carboxylic acids is 2. The van der Waals surface area contributed by atoms with E-state index in [-0.39, 0.29) is 23.3 Å². The summed E-state index contributed by atoms with van der Waals surface area (Å²) in [6.45, 7) is 3.76. The van der Waals surface area contributed by atoms with Gasteiger partial charge in [0.15, 0.2) is 0 Å². The number of carboxylic acid groups (broad SMARTS) is 1. The van der Waals surface area contributed by atoms with Gasteiger partial charge in [0.1, 0.15) is 10.6 Å². The molecule has 3 aromatic carbocycles. The third kappa shape index (κ3) is 5.00. The van der Waals surface area contributed by atoms with Crippen molar-refractivity contribution in [3.8, 4) is 22.3 Å². The molecule has 4 aromatic rings. The highest BCUT2D eigenvalue weighted by atomic mass is 32.1. The van der Waals surface area contributed by atoms with Crippen molar-refractivity contribution in [3.63, 3.8) is 0 Å². The standard InChI is InChI=1S/C28H23NO5S/c1-3-34-28(33)24-23(20-15-13-19(14-16-20)18-9-5-4-6-10-18)17(2)35-26(24)29-25(30)21-11-7-8-12-22(21)27(31)32/h4-16H,3H2,1-2H3,(H,29,30)(H,31,32). The monoisotopic (exact) mass is 485 g/mol. The molecule has 0 spiro atoms. The van der Waals surface area contributed by atoms with Gasteiger partial charge in [0, 0.05) is 10.4 Å². The number of carboxylic acids is 1. The van der Waals surface area contributed by atoms with Crippen molar-refractivity contribution in [2.75, 3.05) is 11.9 Å². The van der Waals surface area contributed by atoms with Crippen LogP contribution in [-0.4, -0.2) is 29.6 Å². The molecule has 1 aromatic heterocycles. The molecule has 0 aliphatic rings. The third-order valence-electron chi connectivity index (χ3n) is 5.47. The molecule has 35 heavy (non-hydrogen) atoms. The minimum Gasteiger partial charge on any atom is -0.478 e. The smallest absolute Gasteiger partial charge is 0.341 e. The van der Waals surface area contributed by atoms with Crippen molar-refractivity contribution in [2.45, 2.75) is 13.8 Å². The Hall–Kier alpha value is -4.23. The van der Waals surface area contributed by atoms with Crippen molar-refractivity contribution in [2.24, 2.45) is 0 Å². The van der Waals surface area contributed by atoms with E-state index in [1.807, 2.05) is 61.5 Å². The topological polar surface area (TPSA) is 92.7 Å². The van der Waals surface area contributed by atoms with E-state index in [9.17, 15) is 19.5 Å². The number of esters is 1. The first kappa shape index (κ1) is 23.9. The second-order valence-corrected chi connectivity index (χ2v) is 8.93. The SMILES string of the molecule is CCOC(=O)c1c(NC(=O)c2ccccc2C(=O)O)sc(C)c1-c1ccc(-c2ccccc2)cc1. The van der Waals surface area contributed by atoms with E-state index in [0.29, 0.717) is 10.6 Å². The number of amides is 1. The van der Waals surface area contributed by atoms with Crippen LogP contribution in [0.1, 0.15) is 42.9 Å². The molecule has 2 N–H and O–H groups in total. The molecular formula is C28H23NO5S. The highest BCUT2D eigenvalue weighted by Gasteiger charge is 2.26. The first-order valence-electron chi connectivity index (χ1n) is 11.0. The number of nitrogens with one attached hydrogen (secondary N) is 1. The van der Waals surface area contributed by atoms with Gasteiger partial charge in [-0.2, -0.15) is 0 Å². The Balaban J connectivity index is 1.75. The fraction of sp³-hybridized carbons (Fsp3) is 0.107. The van der Waals surface area contributed by atoms with Gasteiger partial charge in [-0.3, -0.25) is 4.79 Å². The van der Waals surface area contributed by atoms with Gasteiger partial charge < -0.3 is 15.2 Å². The van der Waals surface area contributed by atoms with E-state index in [1.165, 1.54) is 23.5 Å². The molecule has 0 bridgehead atoms. The summed E-state index contributed by atoms with van der Waals surface area (Å²) in [6.07, 6.45) is 0. The number of ether oxygens (including phenoxy) is 1. The Morgan fingerprint density at radius 3 is 2.03 bits per heavy atom. The number of carbonyl (C=O) groups is 3. The summed E-state index contributed by atoms with van der Waals surface area (Å²) in [4.78, 5) is 38.4. The number of hydrogen-bond donors (Lipinski definition) is 2. The largest absolute Gasteiger partial charge is 0.478 e. The molecule has 0 unspecified atom stereocenters. The predicted molar refractivity (Wildman–Crippen MR) is 137 cm³/mol. The van der Waals surface area contributed by atoms with Gasteiger partial charge in [0.05, 0.1) is 17.7 Å². The average Bonchev–Trinajstić information content (AvgIpc) is 3.20. The molecule has 6 nitrogen and oxygen atoms in total. The molecule has 7 heteroatoms. The first-order chi connectivity index (χ1) is 16.9. The zero-order chi connectivity index (χ0) is 24.9. The Morgan fingerprint density at radius 1 is 0.829 bits per heavy atom. The third-order valence-corrected chi connectivity index (χ3v) is 6.49. The second kappa shape index (κ2) is 10.4. The van der Waals surface area contributed by atoms with Crippen LogP contribution in [0.5, 0.6) is 0 Å². The number of hydrogen-bond acceptors (Lipinski definition) is 5. The highest BCUT2D eigenvalue weighted by Crippen LogP contribution is 2.41. The lowest BCUT2D eigenvalue weighted by molar-refractivity contribution is 0.0528. The lowest BCUT2D eigenvalue weighted by Crippen LogP contribution is -2.17. The molecule has 0 fully saturated rings. The normalized spacial score (nSPS) is 10.6. The molecule has 0 aliphatic heterocycles. The summed E-state index contributed by atoms with van der Waals surface area (Å²) in [5.74, 6) is -2.37. The van der Waals surface area contributed by atoms with E-state index in [4.69, 9.17) is 4.74 Å². The maximum atomic E-state index is 13.0. The van der Waals surface area contributed by atoms with E-state index in [1.54, 1.807) is 19.1 Å². The summed E-state index contributed by atoms with van der Waals surface area (Å²) in [5.41, 5.74) is 3.75. The number of thiophene rings is 1. The van der Waals surface area contributed by atoms with Crippen molar-refractivity contribution in [3.05, 3.63) is 100 Å². The molecule has 4 rings (SSSR count). The van der Waals surface area contributed by atoms with Crippen LogP contribution < -0.4 is 5.32 Å². The molecule has 0 saturated heterocycles. The van der Waals surface area contributed by atoms with Crippen LogP contribution in [0, 0.1) is 6.92 Å². The quantitative estimate of drug-likeness (QED) is 0.291. The molecule has 1 amide bonds. The van der Waals surface area contributed by atoms with E-state index in [0.717, 1.165) is 21.6 Å². The van der Waals surface area contributed by atoms with Gasteiger partial charge in [-0.25, -0.2) is 9.59 Å². The maximum Gasteiger partial charge on any atom is 0.341 e. The maximum absolute atomic E-state index is 13.0. The number of rotatable bonds is 7. The fourth-order valence-corrected chi connectivity index (χ4v) is 4.94. The van der Waals surface area contributed by atoms with Gasteiger partial charge in [0.25, 0.3) is 5.91 Å². The van der Waals surface area contributed by atoms with Crippen LogP contribution in [0.4, 0.5) is 5.00 Å². The summed E-state index contributed by atoms with van der Waals surface area (Å²) in [5, 5.41) is 12.5. The summed E-state index contributed by atoms with van der Waals surface area (Å²) >= 11 is 1.25. The number of aromatic carboxylic acids is 1. The molecule has 0 radical (unpaired) electrons. The number of aryl methyl sites for hydroxylation is 1. The van der Waals surface area contributed by atoms with E-state index in [2.05, 4.69) is 5.32 Å². The summed E-state index contributed by atoms with van der Waals surface area (Å²) in [6, 6.07) is 23.7. The summed E-state index contributed by atoms with van der Waals surface area (Å²) < 4.78 is 5.31. The van der Waals surface area contributed by atoms with Crippen LogP contribution in [0.15, 0.2) is 78.9 Å². The van der Waals surface area contributed by atoms with Gasteiger partial charge in [0.2, 0.25) is 0 Å². The molecule has 0 aliphatic carbocycles. The van der Waals surface area contributed by atoms with Crippen molar-refractivity contribution >= 4 is 34.2 Å². The van der Waals surface area contributed by atoms with Crippen molar-refractivity contribution in [1.29, 1.82) is 0 Å². The van der Waals surface area contributed by atoms with E-state index >= 15 is 0 Å². The van der Waals surface area contributed by atoms with E-state index < -0.39 is 17.8 Å². The van der Waals surface area contributed by atoms with Crippen LogP contribution in [0.2, 0.25) is 0 Å². The lowest BCUT2D eigenvalue weighted by Gasteiger charge is -2.11. The van der Waals surface area contributed by atoms with Crippen molar-refractivity contribution < 1.29 is 24.2 Å². The van der Waals surface area contributed by atoms with Gasteiger partial charge in [-0.1, -0.05) is 66.7 Å². The fourth-order valence-electron chi connectivity index (χ4n) is 3.88. The van der Waals surface area contributed by atoms with Crippen LogP contribution in [-0.2, 0) is 4.74 Å². The van der Waals surface area contributed by atoms with Gasteiger partial charge in [-0.05, 0) is 42.7 Å². The Morgan fingerprint density at radius 2 is 1.40 bits per heavy atom. The zero-order valence-electron chi connectivity index (χ0n) is 19.2. The average molecular weight is 486 g/mol. The zero-order valence-corrected chi connectivity index (χ0v) is 20.0. The Bertz CT molecular complexity index is 1390. The molecule has 176 valence electrons. The molecule has 0 atom stereocenters. The predicted octanol–water partition coefficient (Wildman–Crippen LogP) is 6.52.